The van der Waals surface area contributed by atoms with Gasteiger partial charge in [0.05, 0.1) is 37.7 Å². The SMILES string of the molecule is N#Cc1ccsc1NC(=O)CN(Cc1ccco1)Cc1ccco1. The van der Waals surface area contributed by atoms with Gasteiger partial charge in [-0.3, -0.25) is 9.69 Å². The Morgan fingerprint density at radius 1 is 1.17 bits per heavy atom. The van der Waals surface area contributed by atoms with Crippen LogP contribution in [-0.2, 0) is 17.9 Å². The maximum Gasteiger partial charge on any atom is 0.239 e. The Balaban J connectivity index is 1.66. The number of amides is 1. The van der Waals surface area contributed by atoms with Crippen molar-refractivity contribution < 1.29 is 13.6 Å². The maximum atomic E-state index is 12.3. The molecule has 0 fully saturated rings. The molecular weight excluding hydrogens is 326 g/mol. The zero-order valence-corrected chi connectivity index (χ0v) is 13.6. The Labute approximate surface area is 142 Å². The van der Waals surface area contributed by atoms with Crippen molar-refractivity contribution >= 4 is 22.2 Å². The predicted octanol–water partition coefficient (Wildman–Crippen LogP) is 3.45. The van der Waals surface area contributed by atoms with Crippen molar-refractivity contribution in [2.45, 2.75) is 13.1 Å². The number of furan rings is 2. The minimum Gasteiger partial charge on any atom is -0.468 e. The standard InChI is InChI=1S/C17H15N3O3S/c18-9-13-5-8-24-17(13)19-16(21)12-20(10-14-3-1-6-22-14)11-15-4-2-7-23-15/h1-8H,10-12H2,(H,19,21). The number of nitrogens with zero attached hydrogens (tertiary/aromatic N) is 2. The van der Waals surface area contributed by atoms with E-state index in [-0.39, 0.29) is 12.5 Å². The number of anilines is 1. The molecule has 0 bridgehead atoms. The van der Waals surface area contributed by atoms with Crippen molar-refractivity contribution in [3.8, 4) is 6.07 Å². The van der Waals surface area contributed by atoms with Crippen LogP contribution in [0.3, 0.4) is 0 Å². The summed E-state index contributed by atoms with van der Waals surface area (Å²) in [6.07, 6.45) is 3.21. The first-order chi connectivity index (χ1) is 11.7. The van der Waals surface area contributed by atoms with E-state index in [0.29, 0.717) is 23.7 Å². The fraction of sp³-hybridized carbons (Fsp3) is 0.176. The van der Waals surface area contributed by atoms with Crippen molar-refractivity contribution in [2.75, 3.05) is 11.9 Å². The summed E-state index contributed by atoms with van der Waals surface area (Å²) in [6.45, 7) is 1.12. The number of carbonyl (C=O) groups is 1. The summed E-state index contributed by atoms with van der Waals surface area (Å²) in [4.78, 5) is 14.2. The third-order valence-corrected chi connectivity index (χ3v) is 4.15. The number of thiophene rings is 1. The van der Waals surface area contributed by atoms with Gasteiger partial charge in [-0.25, -0.2) is 0 Å². The summed E-state index contributed by atoms with van der Waals surface area (Å²) >= 11 is 1.33. The van der Waals surface area contributed by atoms with Crippen LogP contribution in [0.25, 0.3) is 0 Å². The molecule has 1 N–H and O–H groups in total. The number of carbonyl (C=O) groups excluding carboxylic acids is 1. The summed E-state index contributed by atoms with van der Waals surface area (Å²) in [5.74, 6) is 1.35. The highest BCUT2D eigenvalue weighted by Gasteiger charge is 2.16. The molecule has 3 aromatic heterocycles. The molecule has 0 unspecified atom stereocenters. The van der Waals surface area contributed by atoms with Crippen molar-refractivity contribution in [3.05, 3.63) is 65.3 Å². The molecule has 1 amide bonds. The molecule has 6 nitrogen and oxygen atoms in total. The lowest BCUT2D eigenvalue weighted by molar-refractivity contribution is -0.117. The molecule has 24 heavy (non-hydrogen) atoms. The molecule has 0 saturated carbocycles. The lowest BCUT2D eigenvalue weighted by Gasteiger charge is -2.19. The van der Waals surface area contributed by atoms with Crippen LogP contribution in [0.1, 0.15) is 17.1 Å². The van der Waals surface area contributed by atoms with Gasteiger partial charge >= 0.3 is 0 Å². The number of hydrogen-bond acceptors (Lipinski definition) is 6. The Hall–Kier alpha value is -2.82. The number of rotatable bonds is 7. The minimum atomic E-state index is -0.188. The largest absolute Gasteiger partial charge is 0.468 e. The molecule has 3 rings (SSSR count). The van der Waals surface area contributed by atoms with E-state index in [1.54, 1.807) is 24.0 Å². The van der Waals surface area contributed by atoms with Gasteiger partial charge in [-0.05, 0) is 35.7 Å². The zero-order valence-electron chi connectivity index (χ0n) is 12.8. The van der Waals surface area contributed by atoms with E-state index >= 15 is 0 Å². The van der Waals surface area contributed by atoms with E-state index in [9.17, 15) is 4.79 Å². The number of hydrogen-bond donors (Lipinski definition) is 1. The summed E-state index contributed by atoms with van der Waals surface area (Å²) in [7, 11) is 0. The topological polar surface area (TPSA) is 82.4 Å². The molecule has 0 aliphatic carbocycles. The van der Waals surface area contributed by atoms with Crippen LogP contribution in [0.15, 0.2) is 57.1 Å². The maximum absolute atomic E-state index is 12.3. The summed E-state index contributed by atoms with van der Waals surface area (Å²) in [5, 5.41) is 14.1. The molecule has 0 aliphatic rings. The normalized spacial score (nSPS) is 10.7. The zero-order chi connectivity index (χ0) is 16.8. The van der Waals surface area contributed by atoms with Crippen molar-refractivity contribution in [2.24, 2.45) is 0 Å². The van der Waals surface area contributed by atoms with Crippen molar-refractivity contribution in [1.82, 2.24) is 4.90 Å². The third-order valence-electron chi connectivity index (χ3n) is 3.32. The Bertz CT molecular complexity index is 780. The molecule has 7 heteroatoms. The fourth-order valence-corrected chi connectivity index (χ4v) is 3.03. The summed E-state index contributed by atoms with van der Waals surface area (Å²) in [6, 6.07) is 11.1. The van der Waals surface area contributed by atoms with Gasteiger partial charge < -0.3 is 14.2 Å². The Kier molecular flexibility index (Phi) is 5.11. The first-order valence-corrected chi connectivity index (χ1v) is 8.17. The molecule has 0 aliphatic heterocycles. The van der Waals surface area contributed by atoms with Gasteiger partial charge in [-0.2, -0.15) is 5.26 Å². The lowest BCUT2D eigenvalue weighted by Crippen LogP contribution is -2.32. The van der Waals surface area contributed by atoms with Gasteiger partial charge in [-0.1, -0.05) is 0 Å². The highest BCUT2D eigenvalue weighted by Crippen LogP contribution is 2.22. The summed E-state index contributed by atoms with van der Waals surface area (Å²) < 4.78 is 10.7. The molecular formula is C17H15N3O3S. The van der Waals surface area contributed by atoms with E-state index in [0.717, 1.165) is 11.5 Å². The van der Waals surface area contributed by atoms with Gasteiger partial charge in [0.15, 0.2) is 0 Å². The van der Waals surface area contributed by atoms with Crippen LogP contribution in [0.2, 0.25) is 0 Å². The molecule has 0 radical (unpaired) electrons. The van der Waals surface area contributed by atoms with E-state index in [1.807, 2.05) is 29.2 Å². The van der Waals surface area contributed by atoms with E-state index in [4.69, 9.17) is 14.1 Å². The molecule has 0 spiro atoms. The highest BCUT2D eigenvalue weighted by atomic mass is 32.1. The van der Waals surface area contributed by atoms with Gasteiger partial charge in [0, 0.05) is 0 Å². The quantitative estimate of drug-likeness (QED) is 0.712. The molecule has 0 aromatic carbocycles. The Morgan fingerprint density at radius 2 is 1.83 bits per heavy atom. The van der Waals surface area contributed by atoms with Crippen molar-refractivity contribution in [3.63, 3.8) is 0 Å². The Morgan fingerprint density at radius 3 is 2.38 bits per heavy atom. The molecule has 3 heterocycles. The van der Waals surface area contributed by atoms with Crippen LogP contribution in [0.4, 0.5) is 5.00 Å². The summed E-state index contributed by atoms with van der Waals surface area (Å²) in [5.41, 5.74) is 0.469. The third kappa shape index (κ3) is 4.13. The van der Waals surface area contributed by atoms with Crippen LogP contribution in [0, 0.1) is 11.3 Å². The minimum absolute atomic E-state index is 0.157. The van der Waals surface area contributed by atoms with E-state index < -0.39 is 0 Å². The van der Waals surface area contributed by atoms with Gasteiger partial charge in [0.1, 0.15) is 22.6 Å². The first kappa shape index (κ1) is 16.1. The smallest absolute Gasteiger partial charge is 0.239 e. The van der Waals surface area contributed by atoms with Gasteiger partial charge in [-0.15, -0.1) is 11.3 Å². The van der Waals surface area contributed by atoms with Crippen LogP contribution < -0.4 is 5.32 Å². The molecule has 0 atom stereocenters. The van der Waals surface area contributed by atoms with Gasteiger partial charge in [0.2, 0.25) is 5.91 Å². The predicted molar refractivity (Wildman–Crippen MR) is 89.2 cm³/mol. The van der Waals surface area contributed by atoms with E-state index in [2.05, 4.69) is 11.4 Å². The average Bonchev–Trinajstić information content (AvgIpc) is 3.29. The molecule has 122 valence electrons. The van der Waals surface area contributed by atoms with Gasteiger partial charge in [0.25, 0.3) is 0 Å². The molecule has 3 aromatic rings. The van der Waals surface area contributed by atoms with E-state index in [1.165, 1.54) is 11.3 Å². The molecule has 0 saturated heterocycles. The van der Waals surface area contributed by atoms with Crippen LogP contribution >= 0.6 is 11.3 Å². The average molecular weight is 341 g/mol. The second-order valence-corrected chi connectivity index (χ2v) is 6.04. The first-order valence-electron chi connectivity index (χ1n) is 7.29. The fourth-order valence-electron chi connectivity index (χ4n) is 2.28. The second kappa shape index (κ2) is 7.64. The van der Waals surface area contributed by atoms with Crippen LogP contribution in [-0.4, -0.2) is 17.4 Å². The van der Waals surface area contributed by atoms with Crippen LogP contribution in [0.5, 0.6) is 0 Å². The second-order valence-electron chi connectivity index (χ2n) is 5.13. The van der Waals surface area contributed by atoms with Crippen molar-refractivity contribution in [1.29, 1.82) is 5.26 Å². The highest BCUT2D eigenvalue weighted by molar-refractivity contribution is 7.14. The number of nitrogens with one attached hydrogen (secondary N) is 1. The lowest BCUT2D eigenvalue weighted by atomic mass is 10.3. The monoisotopic (exact) mass is 341 g/mol. The number of nitriles is 1.